The lowest BCUT2D eigenvalue weighted by Crippen LogP contribution is -2.50. The van der Waals surface area contributed by atoms with Gasteiger partial charge in [0.25, 0.3) is 10.1 Å². The lowest BCUT2D eigenvalue weighted by atomic mass is 10.0. The van der Waals surface area contributed by atoms with Crippen LogP contribution in [-0.2, 0) is 10.1 Å². The molecule has 1 N–H and O–H groups in total. The number of amidine groups is 1. The van der Waals surface area contributed by atoms with E-state index in [0.29, 0.717) is 12.4 Å². The molecule has 2 aromatic rings. The molecule has 6 nitrogen and oxygen atoms in total. The predicted octanol–water partition coefficient (Wildman–Crippen LogP) is 6.52. The van der Waals surface area contributed by atoms with Gasteiger partial charge in [-0.3, -0.25) is 4.55 Å². The quantitative estimate of drug-likeness (QED) is 0.345. The van der Waals surface area contributed by atoms with E-state index in [1.165, 1.54) is 0 Å². The maximum Gasteiger partial charge on any atom is 0.275 e. The highest BCUT2D eigenvalue weighted by Crippen LogP contribution is 2.47. The summed E-state index contributed by atoms with van der Waals surface area (Å²) in [5.74, 6) is 0.470. The van der Waals surface area contributed by atoms with Crippen LogP contribution in [0.2, 0.25) is 0 Å². The second kappa shape index (κ2) is 11.6. The van der Waals surface area contributed by atoms with Gasteiger partial charge in [-0.2, -0.15) is 8.42 Å². The monoisotopic (exact) mass is 513 g/mol. The first-order valence-electron chi connectivity index (χ1n) is 12.5. The van der Waals surface area contributed by atoms with Crippen molar-refractivity contribution in [2.45, 2.75) is 73.5 Å². The van der Waals surface area contributed by atoms with Gasteiger partial charge in [-0.1, -0.05) is 69.1 Å². The SMILES string of the molecule is CCCCC1C=CN=C(C(CCN2c3ccccc3Sc3ccccc32)S(=O)(=O)O)N1CCCC. The summed E-state index contributed by atoms with van der Waals surface area (Å²) in [4.78, 5) is 11.1. The first-order valence-corrected chi connectivity index (χ1v) is 14.9. The van der Waals surface area contributed by atoms with Crippen LogP contribution in [-0.4, -0.2) is 48.1 Å². The molecule has 0 bridgehead atoms. The van der Waals surface area contributed by atoms with Gasteiger partial charge in [-0.15, -0.1) is 0 Å². The molecule has 0 amide bonds. The smallest absolute Gasteiger partial charge is 0.275 e. The van der Waals surface area contributed by atoms with Crippen LogP contribution in [0.25, 0.3) is 0 Å². The number of unbranched alkanes of at least 4 members (excludes halogenated alkanes) is 2. The van der Waals surface area contributed by atoms with Crippen molar-refractivity contribution in [3.8, 4) is 0 Å². The fourth-order valence-electron chi connectivity index (χ4n) is 4.79. The minimum Gasteiger partial charge on any atom is -0.352 e. The molecular formula is C27H35N3O3S2. The molecule has 2 aliphatic heterocycles. The van der Waals surface area contributed by atoms with Crippen molar-refractivity contribution in [2.24, 2.45) is 4.99 Å². The highest BCUT2D eigenvalue weighted by atomic mass is 32.2. The summed E-state index contributed by atoms with van der Waals surface area (Å²) in [6.07, 6.45) is 9.04. The topological polar surface area (TPSA) is 73.2 Å². The second-order valence-electron chi connectivity index (χ2n) is 9.07. The van der Waals surface area contributed by atoms with Crippen LogP contribution in [0.1, 0.15) is 52.4 Å². The third-order valence-corrected chi connectivity index (χ3v) is 8.91. The van der Waals surface area contributed by atoms with Crippen molar-refractivity contribution in [3.05, 3.63) is 60.8 Å². The molecular weight excluding hydrogens is 478 g/mol. The van der Waals surface area contributed by atoms with Crippen LogP contribution < -0.4 is 4.90 Å². The largest absolute Gasteiger partial charge is 0.352 e. The third kappa shape index (κ3) is 5.93. The van der Waals surface area contributed by atoms with Crippen LogP contribution >= 0.6 is 11.8 Å². The molecule has 2 heterocycles. The molecule has 2 aliphatic rings. The first-order chi connectivity index (χ1) is 16.9. The van der Waals surface area contributed by atoms with E-state index in [0.717, 1.165) is 59.8 Å². The molecule has 35 heavy (non-hydrogen) atoms. The lowest BCUT2D eigenvalue weighted by molar-refractivity contribution is 0.318. The maximum atomic E-state index is 12.7. The molecule has 2 atom stereocenters. The number of nitrogens with zero attached hydrogens (tertiary/aromatic N) is 3. The van der Waals surface area contributed by atoms with Gasteiger partial charge in [-0.05, 0) is 49.6 Å². The Kier molecular flexibility index (Phi) is 8.57. The molecule has 0 spiro atoms. The van der Waals surface area contributed by atoms with Gasteiger partial charge in [0.1, 0.15) is 11.1 Å². The number of benzene rings is 2. The highest BCUT2D eigenvalue weighted by Gasteiger charge is 2.36. The molecule has 8 heteroatoms. The molecule has 2 aromatic carbocycles. The standard InChI is InChI=1S/C27H35N3O3S2/c1-3-5-11-21-16-18-28-27(29(21)19-6-4-2)26(35(31,32)33)17-20-30-22-12-7-9-14-24(22)34-25-15-10-8-13-23(25)30/h7-10,12-16,18,21,26H,3-6,11,17,19-20H2,1-2H3,(H,31,32,33). The number of anilines is 2. The minimum absolute atomic E-state index is 0.103. The maximum absolute atomic E-state index is 12.7. The van der Waals surface area contributed by atoms with Gasteiger partial charge in [0, 0.05) is 29.1 Å². The van der Waals surface area contributed by atoms with Crippen LogP contribution in [0, 0.1) is 0 Å². The summed E-state index contributed by atoms with van der Waals surface area (Å²) in [6.45, 7) is 5.46. The van der Waals surface area contributed by atoms with Crippen molar-refractivity contribution < 1.29 is 13.0 Å². The normalized spacial score (nSPS) is 18.1. The van der Waals surface area contributed by atoms with E-state index < -0.39 is 15.4 Å². The van der Waals surface area contributed by atoms with Gasteiger partial charge in [0.05, 0.1) is 17.4 Å². The lowest BCUT2D eigenvalue weighted by Gasteiger charge is -2.38. The number of para-hydroxylation sites is 2. The predicted molar refractivity (Wildman–Crippen MR) is 145 cm³/mol. The van der Waals surface area contributed by atoms with Crippen molar-refractivity contribution in [3.63, 3.8) is 0 Å². The van der Waals surface area contributed by atoms with Crippen LogP contribution in [0.3, 0.4) is 0 Å². The van der Waals surface area contributed by atoms with Crippen LogP contribution in [0.4, 0.5) is 11.4 Å². The first kappa shape index (κ1) is 25.8. The van der Waals surface area contributed by atoms with Gasteiger partial charge in [-0.25, -0.2) is 4.99 Å². The van der Waals surface area contributed by atoms with Crippen molar-refractivity contribution in [1.29, 1.82) is 0 Å². The average molecular weight is 514 g/mol. The van der Waals surface area contributed by atoms with E-state index in [4.69, 9.17) is 0 Å². The van der Waals surface area contributed by atoms with Gasteiger partial charge >= 0.3 is 0 Å². The molecule has 0 saturated carbocycles. The summed E-state index contributed by atoms with van der Waals surface area (Å²) in [5, 5.41) is -1.08. The van der Waals surface area contributed by atoms with Crippen molar-refractivity contribution in [2.75, 3.05) is 18.0 Å². The van der Waals surface area contributed by atoms with E-state index in [2.05, 4.69) is 59.0 Å². The minimum atomic E-state index is -4.36. The fraction of sp³-hybridized carbons (Fsp3) is 0.444. The second-order valence-corrected chi connectivity index (χ2v) is 11.7. The fourth-order valence-corrected chi connectivity index (χ4v) is 6.75. The van der Waals surface area contributed by atoms with Gasteiger partial charge < -0.3 is 9.80 Å². The number of rotatable bonds is 11. The Balaban J connectivity index is 1.64. The van der Waals surface area contributed by atoms with E-state index in [1.807, 2.05) is 24.3 Å². The molecule has 2 unspecified atom stereocenters. The zero-order valence-corrected chi connectivity index (χ0v) is 22.1. The number of hydrogen-bond acceptors (Lipinski definition) is 6. The molecule has 0 radical (unpaired) electrons. The molecule has 188 valence electrons. The van der Waals surface area contributed by atoms with E-state index >= 15 is 0 Å². The van der Waals surface area contributed by atoms with E-state index in [-0.39, 0.29) is 12.5 Å². The summed E-state index contributed by atoms with van der Waals surface area (Å²) in [5.41, 5.74) is 2.11. The summed E-state index contributed by atoms with van der Waals surface area (Å²) in [7, 11) is -4.36. The number of hydrogen-bond donors (Lipinski definition) is 1. The molecule has 0 fully saturated rings. The summed E-state index contributed by atoms with van der Waals surface area (Å²) in [6, 6.07) is 16.4. The number of aliphatic imine (C=N–C) groups is 1. The van der Waals surface area contributed by atoms with E-state index in [1.54, 1.807) is 18.0 Å². The van der Waals surface area contributed by atoms with Crippen molar-refractivity contribution >= 4 is 39.1 Å². The third-order valence-electron chi connectivity index (χ3n) is 6.61. The molecule has 0 aliphatic carbocycles. The molecule has 4 rings (SSSR count). The Hall–Kier alpha value is -2.29. The van der Waals surface area contributed by atoms with Gasteiger partial charge in [0.15, 0.2) is 0 Å². The Labute approximate surface area is 213 Å². The Bertz CT molecular complexity index is 1130. The highest BCUT2D eigenvalue weighted by molar-refractivity contribution is 7.99. The molecule has 0 saturated heterocycles. The number of fused-ring (bicyclic) bond motifs is 2. The van der Waals surface area contributed by atoms with Crippen molar-refractivity contribution in [1.82, 2.24) is 4.90 Å². The van der Waals surface area contributed by atoms with Crippen LogP contribution in [0.5, 0.6) is 0 Å². The van der Waals surface area contributed by atoms with Gasteiger partial charge in [0.2, 0.25) is 0 Å². The van der Waals surface area contributed by atoms with Crippen LogP contribution in [0.15, 0.2) is 75.6 Å². The Morgan fingerprint density at radius 3 is 2.20 bits per heavy atom. The zero-order valence-electron chi connectivity index (χ0n) is 20.5. The summed E-state index contributed by atoms with van der Waals surface area (Å²) >= 11 is 1.72. The average Bonchev–Trinajstić information content (AvgIpc) is 2.85. The zero-order chi connectivity index (χ0) is 24.8. The molecule has 0 aromatic heterocycles. The Morgan fingerprint density at radius 1 is 0.971 bits per heavy atom. The Morgan fingerprint density at radius 2 is 1.60 bits per heavy atom. The van der Waals surface area contributed by atoms with E-state index in [9.17, 15) is 13.0 Å². The summed E-state index contributed by atoms with van der Waals surface area (Å²) < 4.78 is 35.8.